The predicted molar refractivity (Wildman–Crippen MR) is 130 cm³/mol. The Morgan fingerprint density at radius 2 is 1.74 bits per heavy atom. The van der Waals surface area contributed by atoms with E-state index in [1.807, 2.05) is 48.5 Å². The number of nitrogens with zero attached hydrogens (tertiary/aromatic N) is 3. The minimum absolute atomic E-state index is 0.0252. The average Bonchev–Trinajstić information content (AvgIpc) is 2.80. The molecule has 1 saturated heterocycles. The van der Waals surface area contributed by atoms with Gasteiger partial charge in [-0.1, -0.05) is 58.4 Å². The van der Waals surface area contributed by atoms with Gasteiger partial charge in [-0.3, -0.25) is 14.2 Å². The number of carbonyl (C=O) groups is 1. The van der Waals surface area contributed by atoms with Crippen LogP contribution < -0.4 is 5.56 Å². The van der Waals surface area contributed by atoms with Gasteiger partial charge in [0.25, 0.3) is 5.56 Å². The molecule has 0 radical (unpaired) electrons. The number of thioether (sulfide) groups is 1. The highest BCUT2D eigenvalue weighted by molar-refractivity contribution is 9.10. The van der Waals surface area contributed by atoms with Gasteiger partial charge in [-0.2, -0.15) is 0 Å². The second-order valence-electron chi connectivity index (χ2n) is 7.84. The number of fused-ring (bicyclic) bond motifs is 1. The van der Waals surface area contributed by atoms with Gasteiger partial charge in [0, 0.05) is 16.6 Å². The van der Waals surface area contributed by atoms with E-state index in [0.717, 1.165) is 30.5 Å². The molecule has 5 nitrogen and oxygen atoms in total. The van der Waals surface area contributed by atoms with Gasteiger partial charge >= 0.3 is 0 Å². The molecule has 2 heterocycles. The van der Waals surface area contributed by atoms with Crippen LogP contribution in [0.4, 0.5) is 0 Å². The Bertz CT molecular complexity index is 1110. The first kappa shape index (κ1) is 22.2. The smallest absolute Gasteiger partial charge is 0.262 e. The van der Waals surface area contributed by atoms with Crippen LogP contribution in [-0.2, 0) is 6.54 Å². The fourth-order valence-corrected chi connectivity index (χ4v) is 5.12. The monoisotopic (exact) mass is 499 g/mol. The number of para-hydroxylation sites is 1. The third-order valence-corrected chi connectivity index (χ3v) is 7.13. The van der Waals surface area contributed by atoms with Crippen molar-refractivity contribution < 1.29 is 4.79 Å². The molecule has 162 valence electrons. The van der Waals surface area contributed by atoms with Crippen molar-refractivity contribution in [3.63, 3.8) is 0 Å². The molecule has 1 aromatic heterocycles. The lowest BCUT2D eigenvalue weighted by Gasteiger charge is -2.26. The summed E-state index contributed by atoms with van der Waals surface area (Å²) in [6, 6.07) is 14.8. The molecule has 0 atom stereocenters. The van der Waals surface area contributed by atoms with Crippen LogP contribution in [0.5, 0.6) is 0 Å². The summed E-state index contributed by atoms with van der Waals surface area (Å²) in [6.45, 7) is 3.89. The van der Waals surface area contributed by atoms with Gasteiger partial charge in [0.15, 0.2) is 10.9 Å². The maximum absolute atomic E-state index is 13.2. The Hall–Kier alpha value is -1.96. The molecular formula is C24H26BrN3O2S. The molecule has 31 heavy (non-hydrogen) atoms. The maximum Gasteiger partial charge on any atom is 0.262 e. The van der Waals surface area contributed by atoms with Gasteiger partial charge in [0.05, 0.1) is 16.7 Å². The van der Waals surface area contributed by atoms with Crippen molar-refractivity contribution in [3.05, 3.63) is 68.9 Å². The number of Topliss-reactive ketones (excluding diaryl/α,β-unsaturated/α-hetero) is 1. The predicted octanol–water partition coefficient (Wildman–Crippen LogP) is 5.01. The van der Waals surface area contributed by atoms with Crippen molar-refractivity contribution in [3.8, 4) is 0 Å². The normalized spacial score (nSPS) is 14.7. The number of piperidine rings is 1. The lowest BCUT2D eigenvalue weighted by atomic mass is 10.1. The molecule has 1 fully saturated rings. The molecular weight excluding hydrogens is 474 g/mol. The Morgan fingerprint density at radius 1 is 1.00 bits per heavy atom. The molecule has 0 amide bonds. The number of ketones is 1. The molecule has 0 spiro atoms. The second kappa shape index (κ2) is 10.6. The van der Waals surface area contributed by atoms with Gasteiger partial charge in [0.1, 0.15) is 0 Å². The van der Waals surface area contributed by atoms with Crippen molar-refractivity contribution in [2.24, 2.45) is 0 Å². The van der Waals surface area contributed by atoms with Crippen LogP contribution in [0.15, 0.2) is 63.0 Å². The number of carbonyl (C=O) groups excluding carboxylic acids is 1. The third kappa shape index (κ3) is 5.64. The highest BCUT2D eigenvalue weighted by Gasteiger charge is 2.15. The zero-order valence-corrected chi connectivity index (χ0v) is 19.8. The first-order chi connectivity index (χ1) is 15.1. The van der Waals surface area contributed by atoms with Crippen molar-refractivity contribution in [1.82, 2.24) is 14.5 Å². The first-order valence-electron chi connectivity index (χ1n) is 10.8. The molecule has 1 aliphatic heterocycles. The van der Waals surface area contributed by atoms with Crippen LogP contribution in [0, 0.1) is 0 Å². The zero-order chi connectivity index (χ0) is 21.6. The first-order valence-corrected chi connectivity index (χ1v) is 12.5. The van der Waals surface area contributed by atoms with Crippen molar-refractivity contribution in [1.29, 1.82) is 0 Å². The van der Waals surface area contributed by atoms with Gasteiger partial charge in [0.2, 0.25) is 0 Å². The molecule has 0 aliphatic carbocycles. The summed E-state index contributed by atoms with van der Waals surface area (Å²) < 4.78 is 2.70. The number of benzene rings is 2. The third-order valence-electron chi connectivity index (χ3n) is 5.63. The van der Waals surface area contributed by atoms with E-state index >= 15 is 0 Å². The van der Waals surface area contributed by atoms with Crippen LogP contribution >= 0.6 is 27.7 Å². The summed E-state index contributed by atoms with van der Waals surface area (Å²) in [5.41, 5.74) is 1.32. The van der Waals surface area contributed by atoms with Crippen molar-refractivity contribution in [2.45, 2.75) is 37.4 Å². The number of hydrogen-bond acceptors (Lipinski definition) is 5. The van der Waals surface area contributed by atoms with E-state index in [0.29, 0.717) is 28.2 Å². The van der Waals surface area contributed by atoms with E-state index in [4.69, 9.17) is 4.98 Å². The van der Waals surface area contributed by atoms with Crippen LogP contribution in [-0.4, -0.2) is 45.6 Å². The van der Waals surface area contributed by atoms with Gasteiger partial charge in [-0.25, -0.2) is 4.98 Å². The SMILES string of the molecule is O=C(CSc1nc2ccccc2c(=O)n1CCCN1CCCCC1)c1ccc(Br)cc1. The largest absolute Gasteiger partial charge is 0.303 e. The summed E-state index contributed by atoms with van der Waals surface area (Å²) in [4.78, 5) is 33.1. The van der Waals surface area contributed by atoms with Crippen LogP contribution in [0.2, 0.25) is 0 Å². The van der Waals surface area contributed by atoms with E-state index in [1.165, 1.54) is 31.0 Å². The van der Waals surface area contributed by atoms with Gasteiger partial charge in [-0.15, -0.1) is 0 Å². The molecule has 0 bridgehead atoms. The zero-order valence-electron chi connectivity index (χ0n) is 17.4. The molecule has 2 aromatic carbocycles. The van der Waals surface area contributed by atoms with Gasteiger partial charge in [-0.05, 0) is 63.2 Å². The molecule has 0 unspecified atom stereocenters. The lowest BCUT2D eigenvalue weighted by molar-refractivity contribution is 0.102. The number of hydrogen-bond donors (Lipinski definition) is 0. The molecule has 7 heteroatoms. The topological polar surface area (TPSA) is 55.2 Å². The quantitative estimate of drug-likeness (QED) is 0.247. The Labute approximate surface area is 195 Å². The summed E-state index contributed by atoms with van der Waals surface area (Å²) in [5.74, 6) is 0.276. The van der Waals surface area contributed by atoms with Crippen LogP contribution in [0.3, 0.4) is 0 Å². The lowest BCUT2D eigenvalue weighted by Crippen LogP contribution is -2.32. The number of halogens is 1. The molecule has 4 rings (SSSR count). The van der Waals surface area contributed by atoms with E-state index in [2.05, 4.69) is 20.8 Å². The summed E-state index contributed by atoms with van der Waals surface area (Å²) in [5, 5.41) is 1.25. The molecule has 1 aliphatic rings. The number of rotatable bonds is 8. The number of likely N-dealkylation sites (tertiary alicyclic amines) is 1. The molecule has 0 saturated carbocycles. The van der Waals surface area contributed by atoms with Crippen LogP contribution in [0.25, 0.3) is 10.9 Å². The molecule has 0 N–H and O–H groups in total. The fraction of sp³-hybridized carbons (Fsp3) is 0.375. The molecule has 3 aromatic rings. The maximum atomic E-state index is 13.2. The van der Waals surface area contributed by atoms with Crippen molar-refractivity contribution >= 4 is 44.4 Å². The summed E-state index contributed by atoms with van der Waals surface area (Å²) >= 11 is 4.74. The Balaban J connectivity index is 1.52. The number of aromatic nitrogens is 2. The fourth-order valence-electron chi connectivity index (χ4n) is 3.94. The minimum atomic E-state index is -0.0252. The standard InChI is InChI=1S/C24H26BrN3O2S/c25-19-11-9-18(10-12-19)22(29)17-31-24-26-21-8-3-2-7-20(21)23(30)28(24)16-6-15-27-13-4-1-5-14-27/h2-3,7-12H,1,4-6,13-17H2. The highest BCUT2D eigenvalue weighted by Crippen LogP contribution is 2.20. The minimum Gasteiger partial charge on any atom is -0.303 e. The van der Waals surface area contributed by atoms with Crippen LogP contribution in [0.1, 0.15) is 36.0 Å². The Kier molecular flexibility index (Phi) is 7.58. The van der Waals surface area contributed by atoms with Crippen molar-refractivity contribution in [2.75, 3.05) is 25.4 Å². The highest BCUT2D eigenvalue weighted by atomic mass is 79.9. The van der Waals surface area contributed by atoms with E-state index in [-0.39, 0.29) is 17.1 Å². The second-order valence-corrected chi connectivity index (χ2v) is 9.70. The Morgan fingerprint density at radius 3 is 2.52 bits per heavy atom. The van der Waals surface area contributed by atoms with E-state index in [9.17, 15) is 9.59 Å². The van der Waals surface area contributed by atoms with E-state index < -0.39 is 0 Å². The summed E-state index contributed by atoms with van der Waals surface area (Å²) in [7, 11) is 0. The van der Waals surface area contributed by atoms with E-state index in [1.54, 1.807) is 4.57 Å². The summed E-state index contributed by atoms with van der Waals surface area (Å²) in [6.07, 6.45) is 4.74. The average molecular weight is 500 g/mol. The van der Waals surface area contributed by atoms with Gasteiger partial charge < -0.3 is 4.90 Å².